The van der Waals surface area contributed by atoms with Gasteiger partial charge in [-0.15, -0.1) is 0 Å². The molecule has 0 spiro atoms. The second kappa shape index (κ2) is 7.98. The van der Waals surface area contributed by atoms with E-state index in [1.54, 1.807) is 0 Å². The molecule has 2 fully saturated rings. The molecule has 0 atom stereocenters. The molecule has 1 N–H and O–H groups in total. The minimum Gasteiger partial charge on any atom is -0.350 e. The maximum Gasteiger partial charge on any atom is 0.246 e. The highest BCUT2D eigenvalue weighted by molar-refractivity contribution is 5.92. The van der Waals surface area contributed by atoms with Gasteiger partial charge in [-0.25, -0.2) is 0 Å². The topological polar surface area (TPSA) is 32.3 Å². The quantitative estimate of drug-likeness (QED) is 0.785. The smallest absolute Gasteiger partial charge is 0.246 e. The summed E-state index contributed by atoms with van der Waals surface area (Å²) in [6.07, 6.45) is 13.5. The SMILES string of the molecule is CC/C=C(/C)C(=O)NCC1(N2CCCCC2)CCCCC1. The van der Waals surface area contributed by atoms with Crippen LogP contribution in [-0.4, -0.2) is 36.0 Å². The Morgan fingerprint density at radius 1 is 1.10 bits per heavy atom. The first-order valence-electron chi connectivity index (χ1n) is 8.88. The Kier molecular flexibility index (Phi) is 6.28. The van der Waals surface area contributed by atoms with Crippen molar-refractivity contribution in [1.82, 2.24) is 10.2 Å². The van der Waals surface area contributed by atoms with Crippen LogP contribution >= 0.6 is 0 Å². The highest BCUT2D eigenvalue weighted by Crippen LogP contribution is 2.35. The van der Waals surface area contributed by atoms with Gasteiger partial charge in [0.1, 0.15) is 0 Å². The van der Waals surface area contributed by atoms with E-state index in [1.807, 2.05) is 13.0 Å². The fourth-order valence-corrected chi connectivity index (χ4v) is 3.97. The van der Waals surface area contributed by atoms with E-state index >= 15 is 0 Å². The van der Waals surface area contributed by atoms with Gasteiger partial charge in [-0.3, -0.25) is 9.69 Å². The van der Waals surface area contributed by atoms with Crippen LogP contribution in [0.25, 0.3) is 0 Å². The average Bonchev–Trinajstić information content (AvgIpc) is 2.54. The van der Waals surface area contributed by atoms with Crippen LogP contribution in [0.15, 0.2) is 11.6 Å². The summed E-state index contributed by atoms with van der Waals surface area (Å²) >= 11 is 0. The lowest BCUT2D eigenvalue weighted by Gasteiger charge is -2.48. The van der Waals surface area contributed by atoms with Crippen molar-refractivity contribution in [3.63, 3.8) is 0 Å². The van der Waals surface area contributed by atoms with Crippen LogP contribution in [0.2, 0.25) is 0 Å². The number of amides is 1. The summed E-state index contributed by atoms with van der Waals surface area (Å²) in [4.78, 5) is 14.9. The van der Waals surface area contributed by atoms with Crippen LogP contribution in [-0.2, 0) is 4.79 Å². The van der Waals surface area contributed by atoms with Crippen molar-refractivity contribution in [3.05, 3.63) is 11.6 Å². The Morgan fingerprint density at radius 2 is 1.71 bits per heavy atom. The van der Waals surface area contributed by atoms with E-state index in [1.165, 1.54) is 64.5 Å². The first-order valence-corrected chi connectivity index (χ1v) is 8.88. The molecule has 0 aromatic heterocycles. The number of allylic oxidation sites excluding steroid dienone is 1. The number of likely N-dealkylation sites (tertiary alicyclic amines) is 1. The number of nitrogens with zero attached hydrogens (tertiary/aromatic N) is 1. The molecule has 2 aliphatic rings. The zero-order valence-electron chi connectivity index (χ0n) is 13.9. The van der Waals surface area contributed by atoms with Gasteiger partial charge >= 0.3 is 0 Å². The molecular formula is C18H32N2O. The molecule has 3 nitrogen and oxygen atoms in total. The van der Waals surface area contributed by atoms with Gasteiger partial charge in [0.25, 0.3) is 0 Å². The van der Waals surface area contributed by atoms with Crippen molar-refractivity contribution < 1.29 is 4.79 Å². The molecule has 0 radical (unpaired) electrons. The van der Waals surface area contributed by atoms with Crippen molar-refractivity contribution in [2.24, 2.45) is 0 Å². The van der Waals surface area contributed by atoms with Crippen molar-refractivity contribution >= 4 is 5.91 Å². The van der Waals surface area contributed by atoms with Gasteiger partial charge in [-0.05, 0) is 52.1 Å². The Morgan fingerprint density at radius 3 is 2.33 bits per heavy atom. The minimum absolute atomic E-state index is 0.124. The van der Waals surface area contributed by atoms with E-state index in [0.717, 1.165) is 18.5 Å². The second-order valence-electron chi connectivity index (χ2n) is 6.81. The van der Waals surface area contributed by atoms with E-state index < -0.39 is 0 Å². The van der Waals surface area contributed by atoms with E-state index in [9.17, 15) is 4.79 Å². The number of nitrogens with one attached hydrogen (secondary N) is 1. The largest absolute Gasteiger partial charge is 0.350 e. The first-order chi connectivity index (χ1) is 10.2. The van der Waals surface area contributed by atoms with E-state index in [0.29, 0.717) is 0 Å². The maximum absolute atomic E-state index is 12.2. The van der Waals surface area contributed by atoms with Gasteiger partial charge in [0.2, 0.25) is 5.91 Å². The number of carbonyl (C=O) groups excluding carboxylic acids is 1. The zero-order chi connectivity index (χ0) is 15.1. The first kappa shape index (κ1) is 16.5. The molecule has 0 aromatic rings. The summed E-state index contributed by atoms with van der Waals surface area (Å²) in [6, 6.07) is 0. The molecule has 1 heterocycles. The third-order valence-corrected chi connectivity index (χ3v) is 5.26. The maximum atomic E-state index is 12.2. The van der Waals surface area contributed by atoms with Crippen LogP contribution in [0, 0.1) is 0 Å². The molecule has 0 aromatic carbocycles. The molecule has 1 aliphatic carbocycles. The summed E-state index contributed by atoms with van der Waals surface area (Å²) in [5, 5.41) is 3.23. The standard InChI is InChI=1S/C18H32N2O/c1-3-10-16(2)17(21)19-15-18(11-6-4-7-12-18)20-13-8-5-9-14-20/h10H,3-9,11-15H2,1-2H3,(H,19,21)/b16-10-. The highest BCUT2D eigenvalue weighted by atomic mass is 16.1. The van der Waals surface area contributed by atoms with Crippen LogP contribution in [0.4, 0.5) is 0 Å². The molecule has 1 aliphatic heterocycles. The molecule has 120 valence electrons. The molecule has 1 amide bonds. The predicted octanol–water partition coefficient (Wildman–Crippen LogP) is 3.65. The average molecular weight is 292 g/mol. The normalized spacial score (nSPS) is 23.8. The lowest BCUT2D eigenvalue weighted by molar-refractivity contribution is -0.118. The summed E-state index contributed by atoms with van der Waals surface area (Å²) in [5.74, 6) is 0.124. The minimum atomic E-state index is 0.124. The van der Waals surface area contributed by atoms with E-state index in [2.05, 4.69) is 17.1 Å². The van der Waals surface area contributed by atoms with Crippen molar-refractivity contribution in [2.75, 3.05) is 19.6 Å². The Balaban J connectivity index is 1.99. The van der Waals surface area contributed by atoms with Crippen LogP contribution in [0.3, 0.4) is 0 Å². The molecule has 1 saturated heterocycles. The number of carbonyl (C=O) groups is 1. The van der Waals surface area contributed by atoms with E-state index in [-0.39, 0.29) is 11.4 Å². The number of rotatable bonds is 5. The molecule has 21 heavy (non-hydrogen) atoms. The monoisotopic (exact) mass is 292 g/mol. The fourth-order valence-electron chi connectivity index (χ4n) is 3.97. The van der Waals surface area contributed by atoms with Crippen LogP contribution in [0.5, 0.6) is 0 Å². The summed E-state index contributed by atoms with van der Waals surface area (Å²) in [5.41, 5.74) is 1.10. The Hall–Kier alpha value is -0.830. The van der Waals surface area contributed by atoms with Gasteiger partial charge < -0.3 is 5.32 Å². The third kappa shape index (κ3) is 4.32. The summed E-state index contributed by atoms with van der Waals surface area (Å²) in [6.45, 7) is 7.28. The third-order valence-electron chi connectivity index (χ3n) is 5.26. The molecular weight excluding hydrogens is 260 g/mol. The van der Waals surface area contributed by atoms with E-state index in [4.69, 9.17) is 0 Å². The van der Waals surface area contributed by atoms with Crippen molar-refractivity contribution in [2.45, 2.75) is 77.2 Å². The zero-order valence-corrected chi connectivity index (χ0v) is 13.9. The van der Waals surface area contributed by atoms with Gasteiger partial charge in [-0.1, -0.05) is 38.7 Å². The van der Waals surface area contributed by atoms with Crippen molar-refractivity contribution in [3.8, 4) is 0 Å². The molecule has 3 heteroatoms. The van der Waals surface area contributed by atoms with Gasteiger partial charge in [0, 0.05) is 17.7 Å². The fraction of sp³-hybridized carbons (Fsp3) is 0.833. The summed E-state index contributed by atoms with van der Waals surface area (Å²) < 4.78 is 0. The Bertz CT molecular complexity index is 363. The second-order valence-corrected chi connectivity index (χ2v) is 6.81. The number of hydrogen-bond acceptors (Lipinski definition) is 2. The summed E-state index contributed by atoms with van der Waals surface area (Å²) in [7, 11) is 0. The molecule has 0 bridgehead atoms. The molecule has 2 rings (SSSR count). The van der Waals surface area contributed by atoms with Gasteiger partial charge in [0.15, 0.2) is 0 Å². The molecule has 0 unspecified atom stereocenters. The highest BCUT2D eigenvalue weighted by Gasteiger charge is 2.38. The Labute approximate surface area is 130 Å². The van der Waals surface area contributed by atoms with Crippen LogP contribution in [0.1, 0.15) is 71.6 Å². The lowest BCUT2D eigenvalue weighted by Crippen LogP contribution is -2.58. The lowest BCUT2D eigenvalue weighted by atomic mass is 9.79. The van der Waals surface area contributed by atoms with Gasteiger partial charge in [0.05, 0.1) is 0 Å². The van der Waals surface area contributed by atoms with Crippen molar-refractivity contribution in [1.29, 1.82) is 0 Å². The predicted molar refractivity (Wildman–Crippen MR) is 88.3 cm³/mol. The van der Waals surface area contributed by atoms with Crippen LogP contribution < -0.4 is 5.32 Å². The molecule has 1 saturated carbocycles. The van der Waals surface area contributed by atoms with Gasteiger partial charge in [-0.2, -0.15) is 0 Å². The number of piperidine rings is 1. The number of hydrogen-bond donors (Lipinski definition) is 1.